The zero-order chi connectivity index (χ0) is 45.9. The molecule has 10 aromatic rings. The molecule has 0 saturated heterocycles. The van der Waals surface area contributed by atoms with Gasteiger partial charge < -0.3 is 9.13 Å². The number of benzene rings is 8. The molecule has 0 fully saturated rings. The maximum Gasteiger partial charge on any atom is 0.415 e. The van der Waals surface area contributed by atoms with E-state index in [9.17, 15) is 15.8 Å². The molecule has 306 valence electrons. The minimum absolute atomic E-state index is 0.0561. The van der Waals surface area contributed by atoms with Crippen LogP contribution in [0.2, 0.25) is 0 Å². The van der Waals surface area contributed by atoms with E-state index in [4.69, 9.17) is 19.7 Å². The van der Waals surface area contributed by atoms with Gasteiger partial charge in [0.05, 0.1) is 76.4 Å². The van der Waals surface area contributed by atoms with Crippen molar-refractivity contribution in [1.82, 2.24) is 9.13 Å². The van der Waals surface area contributed by atoms with E-state index in [0.717, 1.165) is 33.2 Å². The third kappa shape index (κ3) is 6.42. The van der Waals surface area contributed by atoms with Crippen LogP contribution in [0.1, 0.15) is 22.3 Å². The number of aromatic nitrogens is 2. The summed E-state index contributed by atoms with van der Waals surface area (Å²) < 4.78 is 49.6. The molecule has 66 heavy (non-hydrogen) atoms. The highest BCUT2D eigenvalue weighted by Gasteiger charge is 2.36. The van der Waals surface area contributed by atoms with Crippen molar-refractivity contribution in [2.24, 2.45) is 0 Å². The molecule has 8 aromatic carbocycles. The lowest BCUT2D eigenvalue weighted by Crippen LogP contribution is -2.09. The Morgan fingerprint density at radius 3 is 1.45 bits per heavy atom. The van der Waals surface area contributed by atoms with Gasteiger partial charge in [0.2, 0.25) is 0 Å². The molecule has 0 atom stereocenters. The first-order valence-electron chi connectivity index (χ1n) is 20.2. The Bertz CT molecular complexity index is 3950. The van der Waals surface area contributed by atoms with Crippen molar-refractivity contribution < 1.29 is 13.2 Å². The fraction of sp³-hybridized carbons (Fsp3) is 0.0182. The first-order valence-corrected chi connectivity index (χ1v) is 20.2. The SMILES string of the molecule is [C-]#[N+]c1cc(C#N)cc(-c2ccc3c(c2)c2ccccc2n3-c2cc(-c3c([N+]#[C-])cccc3C(F)(F)F)c(-n3c4ccccc4c4cc(-c5cc(C#N)cc([N+]#[C-])c5)ccc43)cc2C#N)c1. The lowest BCUT2D eigenvalue weighted by Gasteiger charge is -2.22. The smallest absolute Gasteiger partial charge is 0.309 e. The van der Waals surface area contributed by atoms with Crippen LogP contribution in [0, 0.1) is 53.7 Å². The van der Waals surface area contributed by atoms with E-state index >= 15 is 13.2 Å². The van der Waals surface area contributed by atoms with Gasteiger partial charge in [-0.3, -0.25) is 0 Å². The molecule has 0 radical (unpaired) electrons. The molecule has 10 rings (SSSR count). The van der Waals surface area contributed by atoms with Gasteiger partial charge in [0, 0.05) is 38.2 Å². The number of nitriles is 3. The summed E-state index contributed by atoms with van der Waals surface area (Å²) in [7, 11) is 0. The van der Waals surface area contributed by atoms with E-state index in [1.165, 1.54) is 24.3 Å². The Morgan fingerprint density at radius 1 is 0.455 bits per heavy atom. The minimum Gasteiger partial charge on any atom is -0.309 e. The summed E-state index contributed by atoms with van der Waals surface area (Å²) in [6, 6.07) is 49.1. The van der Waals surface area contributed by atoms with Crippen LogP contribution in [0.25, 0.3) is 103 Å². The van der Waals surface area contributed by atoms with Crippen LogP contribution in [0.4, 0.5) is 30.2 Å². The highest BCUT2D eigenvalue weighted by Crippen LogP contribution is 2.48. The molecule has 2 aromatic heterocycles. The van der Waals surface area contributed by atoms with Crippen molar-refractivity contribution in [2.45, 2.75) is 6.18 Å². The molecule has 11 heteroatoms. The van der Waals surface area contributed by atoms with Crippen LogP contribution in [-0.2, 0) is 6.18 Å². The van der Waals surface area contributed by atoms with Crippen molar-refractivity contribution in [3.8, 4) is 63.0 Å². The molecular formula is C55H25F3N8. The third-order valence-corrected chi connectivity index (χ3v) is 11.8. The molecular weight excluding hydrogens is 830 g/mol. The Labute approximate surface area is 374 Å². The number of rotatable bonds is 5. The molecule has 0 spiro atoms. The molecule has 0 aliphatic rings. The Balaban J connectivity index is 1.30. The molecule has 0 bridgehead atoms. The maximum atomic E-state index is 15.3. The van der Waals surface area contributed by atoms with E-state index in [0.29, 0.717) is 61.3 Å². The molecule has 0 amide bonds. The first-order chi connectivity index (χ1) is 32.1. The van der Waals surface area contributed by atoms with Crippen molar-refractivity contribution >= 4 is 60.7 Å². The topological polar surface area (TPSA) is 94.3 Å². The molecule has 0 aliphatic heterocycles. The lowest BCUT2D eigenvalue weighted by atomic mass is 9.93. The highest BCUT2D eigenvalue weighted by atomic mass is 19.4. The molecule has 0 N–H and O–H groups in total. The Hall–Kier alpha value is -9.91. The second-order valence-corrected chi connectivity index (χ2v) is 15.5. The van der Waals surface area contributed by atoms with Crippen LogP contribution < -0.4 is 0 Å². The van der Waals surface area contributed by atoms with Crippen LogP contribution in [0.5, 0.6) is 0 Å². The summed E-state index contributed by atoms with van der Waals surface area (Å²) in [5, 5.41) is 33.5. The number of hydrogen-bond acceptors (Lipinski definition) is 3. The molecule has 0 aliphatic carbocycles. The van der Waals surface area contributed by atoms with Gasteiger partial charge in [0.15, 0.2) is 17.1 Å². The number of nitrogens with zero attached hydrogens (tertiary/aromatic N) is 8. The van der Waals surface area contributed by atoms with E-state index in [1.54, 1.807) is 36.4 Å². The lowest BCUT2D eigenvalue weighted by molar-refractivity contribution is -0.137. The molecule has 2 heterocycles. The quantitative estimate of drug-likeness (QED) is 0.161. The van der Waals surface area contributed by atoms with E-state index in [2.05, 4.69) is 32.7 Å². The summed E-state index contributed by atoms with van der Waals surface area (Å²) in [6.07, 6.45) is -4.88. The summed E-state index contributed by atoms with van der Waals surface area (Å²) in [4.78, 5) is 10.7. The van der Waals surface area contributed by atoms with Gasteiger partial charge >= 0.3 is 6.18 Å². The fourth-order valence-corrected chi connectivity index (χ4v) is 9.03. The summed E-state index contributed by atoms with van der Waals surface area (Å²) in [5.74, 6) is 0. The monoisotopic (exact) mass is 854 g/mol. The van der Waals surface area contributed by atoms with Gasteiger partial charge in [-0.25, -0.2) is 14.5 Å². The van der Waals surface area contributed by atoms with Crippen LogP contribution in [-0.4, -0.2) is 9.13 Å². The number of para-hydroxylation sites is 2. The third-order valence-electron chi connectivity index (χ3n) is 11.8. The van der Waals surface area contributed by atoms with E-state index in [-0.39, 0.29) is 33.8 Å². The summed E-state index contributed by atoms with van der Waals surface area (Å²) in [6.45, 7) is 23.4. The predicted octanol–water partition coefficient (Wildman–Crippen LogP) is 15.2. The molecule has 8 nitrogen and oxygen atoms in total. The fourth-order valence-electron chi connectivity index (χ4n) is 9.03. The average molecular weight is 855 g/mol. The van der Waals surface area contributed by atoms with Gasteiger partial charge in [-0.05, 0) is 113 Å². The summed E-state index contributed by atoms with van der Waals surface area (Å²) >= 11 is 0. The van der Waals surface area contributed by atoms with Gasteiger partial charge in [-0.15, -0.1) is 0 Å². The second-order valence-electron chi connectivity index (χ2n) is 15.5. The standard InChI is InChI=1S/C55H25F3N8/c1-62-39-21-32(29-59)19-36(23-39)34-15-17-50-43(25-34)41-9-4-6-13-48(41)65(50)52-28-45(54-46(55(56,57)58)11-8-12-47(54)64-3)53(27-38(52)31-61)66-49-14-7-5-10-42(49)44-26-35(16-18-51(44)66)37-20-33(30-60)22-40(24-37)63-2/h4-28H. The summed E-state index contributed by atoms with van der Waals surface area (Å²) in [5.41, 5.74) is 5.59. The Kier molecular flexibility index (Phi) is 9.41. The van der Waals surface area contributed by atoms with Crippen LogP contribution in [0.3, 0.4) is 0 Å². The van der Waals surface area contributed by atoms with Crippen molar-refractivity contribution in [1.29, 1.82) is 15.8 Å². The number of halogens is 3. The molecule has 0 saturated carbocycles. The highest BCUT2D eigenvalue weighted by molar-refractivity contribution is 6.13. The van der Waals surface area contributed by atoms with Crippen LogP contribution >= 0.6 is 0 Å². The van der Waals surface area contributed by atoms with Gasteiger partial charge in [-0.2, -0.15) is 29.0 Å². The second kappa shape index (κ2) is 15.5. The maximum absolute atomic E-state index is 15.3. The normalized spacial score (nSPS) is 11.2. The number of hydrogen-bond donors (Lipinski definition) is 0. The average Bonchev–Trinajstić information content (AvgIpc) is 3.87. The zero-order valence-corrected chi connectivity index (χ0v) is 34.1. The predicted molar refractivity (Wildman–Crippen MR) is 249 cm³/mol. The van der Waals surface area contributed by atoms with Crippen molar-refractivity contribution in [3.05, 3.63) is 208 Å². The number of alkyl halides is 3. The molecule has 0 unspecified atom stereocenters. The minimum atomic E-state index is -4.88. The zero-order valence-electron chi connectivity index (χ0n) is 34.1. The van der Waals surface area contributed by atoms with Crippen molar-refractivity contribution in [2.75, 3.05) is 0 Å². The van der Waals surface area contributed by atoms with Crippen LogP contribution in [0.15, 0.2) is 152 Å². The van der Waals surface area contributed by atoms with Gasteiger partial charge in [-0.1, -0.05) is 66.7 Å². The van der Waals surface area contributed by atoms with Crippen molar-refractivity contribution in [3.63, 3.8) is 0 Å². The number of fused-ring (bicyclic) bond motifs is 6. The van der Waals surface area contributed by atoms with E-state index < -0.39 is 11.7 Å². The van der Waals surface area contributed by atoms with Gasteiger partial charge in [0.25, 0.3) is 0 Å². The van der Waals surface area contributed by atoms with Gasteiger partial charge in [0.1, 0.15) is 6.07 Å². The first kappa shape index (κ1) is 40.2. The largest absolute Gasteiger partial charge is 0.415 e. The van der Waals surface area contributed by atoms with E-state index in [1.807, 2.05) is 94.1 Å². The Morgan fingerprint density at radius 2 is 0.970 bits per heavy atom.